The van der Waals surface area contributed by atoms with Crippen LogP contribution in [0.1, 0.15) is 22.3 Å². The molecule has 0 saturated carbocycles. The monoisotopic (exact) mass is 372 g/mol. The summed E-state index contributed by atoms with van der Waals surface area (Å²) in [6, 6.07) is 33.4. The first-order valence-electron chi connectivity index (χ1n) is 9.78. The van der Waals surface area contributed by atoms with Gasteiger partial charge in [-0.2, -0.15) is 0 Å². The van der Waals surface area contributed by atoms with Crippen molar-refractivity contribution >= 4 is 46.2 Å². The lowest BCUT2D eigenvalue weighted by Crippen LogP contribution is -1.75. The molecule has 5 aromatic rings. The van der Waals surface area contributed by atoms with Crippen molar-refractivity contribution in [3.05, 3.63) is 119 Å². The Hall–Kier alpha value is -3.84. The van der Waals surface area contributed by atoms with Crippen molar-refractivity contribution in [3.8, 4) is 0 Å². The maximum absolute atomic E-state index is 6.04. The molecule has 5 rings (SSSR count). The van der Waals surface area contributed by atoms with Crippen molar-refractivity contribution in [2.75, 3.05) is 0 Å². The Morgan fingerprint density at radius 2 is 0.828 bits per heavy atom. The van der Waals surface area contributed by atoms with Crippen LogP contribution >= 0.6 is 0 Å². The summed E-state index contributed by atoms with van der Waals surface area (Å²) in [6.07, 6.45) is 8.56. The number of hydrogen-bond acceptors (Lipinski definition) is 1. The largest absolute Gasteiger partial charge is 0.456 e. The summed E-state index contributed by atoms with van der Waals surface area (Å²) in [5, 5.41) is 2.29. The topological polar surface area (TPSA) is 13.1 Å². The Labute approximate surface area is 170 Å². The average Bonchev–Trinajstić information content (AvgIpc) is 3.15. The first-order valence-corrected chi connectivity index (χ1v) is 9.78. The molecular formula is C28H20O. The SMILES string of the molecule is C(=Cc1ccc2oc3ccc(C=Cc4ccccc4)cc3c2c1)c1ccccc1. The summed E-state index contributed by atoms with van der Waals surface area (Å²) in [7, 11) is 0. The third-order valence-electron chi connectivity index (χ3n) is 5.05. The zero-order chi connectivity index (χ0) is 19.5. The van der Waals surface area contributed by atoms with E-state index in [2.05, 4.69) is 109 Å². The molecule has 0 spiro atoms. The minimum atomic E-state index is 0.918. The Kier molecular flexibility index (Phi) is 4.56. The summed E-state index contributed by atoms with van der Waals surface area (Å²) in [6.45, 7) is 0. The van der Waals surface area contributed by atoms with E-state index < -0.39 is 0 Å². The molecule has 1 aromatic heterocycles. The standard InChI is InChI=1S/C28H20O/c1-3-7-21(8-4-1)11-13-23-15-17-27-25(19-23)26-20-24(16-18-28(26)29-27)14-12-22-9-5-2-6-10-22/h1-20H. The summed E-state index contributed by atoms with van der Waals surface area (Å²) >= 11 is 0. The quantitative estimate of drug-likeness (QED) is 0.292. The van der Waals surface area contributed by atoms with Crippen molar-refractivity contribution in [2.45, 2.75) is 0 Å². The highest BCUT2D eigenvalue weighted by Crippen LogP contribution is 2.31. The molecule has 0 amide bonds. The van der Waals surface area contributed by atoms with Crippen LogP contribution in [0.2, 0.25) is 0 Å². The fourth-order valence-electron chi connectivity index (χ4n) is 3.53. The Balaban J connectivity index is 1.51. The third kappa shape index (κ3) is 3.76. The van der Waals surface area contributed by atoms with Gasteiger partial charge in [0.25, 0.3) is 0 Å². The van der Waals surface area contributed by atoms with Gasteiger partial charge >= 0.3 is 0 Å². The normalized spacial score (nSPS) is 11.9. The van der Waals surface area contributed by atoms with E-state index in [1.807, 2.05) is 12.1 Å². The summed E-state index contributed by atoms with van der Waals surface area (Å²) < 4.78 is 6.04. The molecule has 1 heterocycles. The van der Waals surface area contributed by atoms with Crippen LogP contribution in [0.3, 0.4) is 0 Å². The van der Waals surface area contributed by atoms with Crippen molar-refractivity contribution in [1.29, 1.82) is 0 Å². The molecule has 29 heavy (non-hydrogen) atoms. The van der Waals surface area contributed by atoms with Crippen LogP contribution in [0, 0.1) is 0 Å². The molecule has 138 valence electrons. The molecule has 0 N–H and O–H groups in total. The van der Waals surface area contributed by atoms with Crippen LogP contribution in [-0.2, 0) is 0 Å². The summed E-state index contributed by atoms with van der Waals surface area (Å²) in [5.41, 5.74) is 6.54. The molecule has 1 nitrogen and oxygen atoms in total. The molecule has 0 unspecified atom stereocenters. The Bertz CT molecular complexity index is 1220. The van der Waals surface area contributed by atoms with Gasteiger partial charge in [-0.15, -0.1) is 0 Å². The molecule has 0 aliphatic carbocycles. The van der Waals surface area contributed by atoms with Crippen LogP contribution < -0.4 is 0 Å². The first kappa shape index (κ1) is 17.3. The van der Waals surface area contributed by atoms with Crippen LogP contribution in [0.15, 0.2) is 101 Å². The fraction of sp³-hybridized carbons (Fsp3) is 0. The van der Waals surface area contributed by atoms with Crippen molar-refractivity contribution < 1.29 is 4.42 Å². The van der Waals surface area contributed by atoms with Gasteiger partial charge in [0.05, 0.1) is 0 Å². The van der Waals surface area contributed by atoms with Gasteiger partial charge in [-0.25, -0.2) is 0 Å². The van der Waals surface area contributed by atoms with E-state index in [1.165, 1.54) is 11.1 Å². The second-order valence-electron chi connectivity index (χ2n) is 7.10. The number of fused-ring (bicyclic) bond motifs is 3. The van der Waals surface area contributed by atoms with Gasteiger partial charge in [0.2, 0.25) is 0 Å². The average molecular weight is 372 g/mol. The lowest BCUT2D eigenvalue weighted by molar-refractivity contribution is 0.669. The van der Waals surface area contributed by atoms with Gasteiger partial charge in [-0.05, 0) is 46.5 Å². The second-order valence-corrected chi connectivity index (χ2v) is 7.10. The van der Waals surface area contributed by atoms with E-state index in [4.69, 9.17) is 4.42 Å². The van der Waals surface area contributed by atoms with Gasteiger partial charge < -0.3 is 4.42 Å². The molecule has 0 atom stereocenters. The molecule has 1 heteroatoms. The van der Waals surface area contributed by atoms with Gasteiger partial charge in [-0.3, -0.25) is 0 Å². The van der Waals surface area contributed by atoms with Crippen molar-refractivity contribution in [3.63, 3.8) is 0 Å². The van der Waals surface area contributed by atoms with Crippen LogP contribution in [-0.4, -0.2) is 0 Å². The fourth-order valence-corrected chi connectivity index (χ4v) is 3.53. The highest BCUT2D eigenvalue weighted by Gasteiger charge is 2.07. The molecular weight excluding hydrogens is 352 g/mol. The number of hydrogen-bond donors (Lipinski definition) is 0. The maximum atomic E-state index is 6.04. The van der Waals surface area contributed by atoms with Crippen molar-refractivity contribution in [2.24, 2.45) is 0 Å². The van der Waals surface area contributed by atoms with E-state index in [9.17, 15) is 0 Å². The van der Waals surface area contributed by atoms with Gasteiger partial charge in [-0.1, -0.05) is 97.1 Å². The molecule has 0 aliphatic rings. The smallest absolute Gasteiger partial charge is 0.135 e. The lowest BCUT2D eigenvalue weighted by atomic mass is 10.1. The van der Waals surface area contributed by atoms with Crippen molar-refractivity contribution in [1.82, 2.24) is 0 Å². The second kappa shape index (κ2) is 7.65. The molecule has 0 fully saturated rings. The highest BCUT2D eigenvalue weighted by molar-refractivity contribution is 6.06. The number of rotatable bonds is 4. The summed E-state index contributed by atoms with van der Waals surface area (Å²) in [5.74, 6) is 0. The van der Waals surface area contributed by atoms with Gasteiger partial charge in [0.1, 0.15) is 11.2 Å². The zero-order valence-corrected chi connectivity index (χ0v) is 16.0. The molecule has 4 aromatic carbocycles. The van der Waals surface area contributed by atoms with E-state index in [0.717, 1.165) is 33.1 Å². The number of furan rings is 1. The zero-order valence-electron chi connectivity index (χ0n) is 16.0. The van der Waals surface area contributed by atoms with E-state index in [1.54, 1.807) is 0 Å². The minimum absolute atomic E-state index is 0.918. The molecule has 0 aliphatic heterocycles. The molecule has 0 radical (unpaired) electrons. The van der Waals surface area contributed by atoms with E-state index >= 15 is 0 Å². The van der Waals surface area contributed by atoms with Crippen LogP contribution in [0.25, 0.3) is 46.2 Å². The Morgan fingerprint density at radius 3 is 1.28 bits per heavy atom. The van der Waals surface area contributed by atoms with Gasteiger partial charge in [0.15, 0.2) is 0 Å². The van der Waals surface area contributed by atoms with Crippen LogP contribution in [0.5, 0.6) is 0 Å². The molecule has 0 bridgehead atoms. The first-order chi connectivity index (χ1) is 14.3. The highest BCUT2D eigenvalue weighted by atomic mass is 16.3. The van der Waals surface area contributed by atoms with Crippen LogP contribution in [0.4, 0.5) is 0 Å². The lowest BCUT2D eigenvalue weighted by Gasteiger charge is -1.97. The maximum Gasteiger partial charge on any atom is 0.135 e. The molecule has 0 saturated heterocycles. The Morgan fingerprint density at radius 1 is 0.414 bits per heavy atom. The predicted octanol–water partition coefficient (Wildman–Crippen LogP) is 7.93. The van der Waals surface area contributed by atoms with E-state index in [0.29, 0.717) is 0 Å². The van der Waals surface area contributed by atoms with Gasteiger partial charge in [0, 0.05) is 10.8 Å². The predicted molar refractivity (Wildman–Crippen MR) is 124 cm³/mol. The third-order valence-corrected chi connectivity index (χ3v) is 5.05. The minimum Gasteiger partial charge on any atom is -0.456 e. The summed E-state index contributed by atoms with van der Waals surface area (Å²) in [4.78, 5) is 0. The van der Waals surface area contributed by atoms with E-state index in [-0.39, 0.29) is 0 Å². The number of benzene rings is 4.